The molecule has 0 rings (SSSR count). The quantitative estimate of drug-likeness (QED) is 0.612. The Hall–Kier alpha value is -1.07. The Morgan fingerprint density at radius 2 is 2.12 bits per heavy atom. The van der Waals surface area contributed by atoms with Gasteiger partial charge in [0.2, 0.25) is 0 Å². The molecular formula is C11H21NO4. The number of carbonyl (C=O) groups is 1. The molecule has 5 nitrogen and oxygen atoms in total. The molecule has 0 saturated carbocycles. The number of carbonyl (C=O) groups excluding carboxylic acids is 1. The average molecular weight is 231 g/mol. The smallest absolute Gasteiger partial charge is 0.407 e. The fourth-order valence-electron chi connectivity index (χ4n) is 1.08. The van der Waals surface area contributed by atoms with Crippen LogP contribution in [-0.2, 0) is 4.74 Å². The van der Waals surface area contributed by atoms with Crippen LogP contribution in [0.1, 0.15) is 27.2 Å². The Kier molecular flexibility index (Phi) is 6.06. The van der Waals surface area contributed by atoms with Gasteiger partial charge >= 0.3 is 6.09 Å². The van der Waals surface area contributed by atoms with Crippen molar-refractivity contribution in [3.05, 3.63) is 12.7 Å². The summed E-state index contributed by atoms with van der Waals surface area (Å²) < 4.78 is 5.03. The third kappa shape index (κ3) is 6.42. The summed E-state index contributed by atoms with van der Waals surface area (Å²) in [4.78, 5) is 11.4. The monoisotopic (exact) mass is 231 g/mol. The standard InChI is InChI=1S/C11H21NO4/c1-5-6-8(9(14)7-13)12-10(15)16-11(2,3)4/h5,8-9,13-14H,1,6-7H2,2-4H3,(H,12,15). The molecule has 16 heavy (non-hydrogen) atoms. The van der Waals surface area contributed by atoms with E-state index in [1.807, 2.05) is 0 Å². The number of aliphatic hydroxyl groups is 2. The SMILES string of the molecule is C=CCC(NC(=O)OC(C)(C)C)C(O)CO. The van der Waals surface area contributed by atoms with Crippen LogP contribution in [0.25, 0.3) is 0 Å². The number of hydrogen-bond acceptors (Lipinski definition) is 4. The van der Waals surface area contributed by atoms with Gasteiger partial charge in [0, 0.05) is 0 Å². The molecule has 5 heteroatoms. The molecule has 94 valence electrons. The van der Waals surface area contributed by atoms with E-state index < -0.39 is 30.4 Å². The molecule has 0 fully saturated rings. The van der Waals surface area contributed by atoms with Crippen molar-refractivity contribution in [3.63, 3.8) is 0 Å². The van der Waals surface area contributed by atoms with Crippen molar-refractivity contribution in [1.29, 1.82) is 0 Å². The van der Waals surface area contributed by atoms with Crippen molar-refractivity contribution in [2.24, 2.45) is 0 Å². The third-order valence-corrected chi connectivity index (χ3v) is 1.77. The van der Waals surface area contributed by atoms with Crippen molar-refractivity contribution in [2.75, 3.05) is 6.61 Å². The normalized spacial score (nSPS) is 15.1. The van der Waals surface area contributed by atoms with Gasteiger partial charge in [-0.05, 0) is 27.2 Å². The number of amides is 1. The van der Waals surface area contributed by atoms with Crippen LogP contribution in [0.5, 0.6) is 0 Å². The highest BCUT2D eigenvalue weighted by Gasteiger charge is 2.23. The molecule has 0 aliphatic carbocycles. The predicted molar refractivity (Wildman–Crippen MR) is 61.1 cm³/mol. The zero-order chi connectivity index (χ0) is 12.8. The van der Waals surface area contributed by atoms with Crippen LogP contribution in [0, 0.1) is 0 Å². The van der Waals surface area contributed by atoms with Gasteiger partial charge in [0.05, 0.1) is 18.8 Å². The molecular weight excluding hydrogens is 210 g/mol. The molecule has 0 aromatic carbocycles. The fourth-order valence-corrected chi connectivity index (χ4v) is 1.08. The molecule has 0 bridgehead atoms. The van der Waals surface area contributed by atoms with Crippen LogP contribution in [0.15, 0.2) is 12.7 Å². The first-order valence-electron chi connectivity index (χ1n) is 5.19. The predicted octanol–water partition coefficient (Wildman–Crippen LogP) is 0.809. The fraction of sp³-hybridized carbons (Fsp3) is 0.727. The van der Waals surface area contributed by atoms with Gasteiger partial charge in [-0.25, -0.2) is 4.79 Å². The lowest BCUT2D eigenvalue weighted by Gasteiger charge is -2.25. The van der Waals surface area contributed by atoms with E-state index in [9.17, 15) is 9.90 Å². The summed E-state index contributed by atoms with van der Waals surface area (Å²) in [5.74, 6) is 0. The maximum atomic E-state index is 11.4. The number of alkyl carbamates (subject to hydrolysis) is 1. The minimum atomic E-state index is -1.02. The molecule has 2 unspecified atom stereocenters. The summed E-state index contributed by atoms with van der Waals surface area (Å²) >= 11 is 0. The highest BCUT2D eigenvalue weighted by Crippen LogP contribution is 2.08. The van der Waals surface area contributed by atoms with Crippen molar-refractivity contribution >= 4 is 6.09 Å². The van der Waals surface area contributed by atoms with Crippen molar-refractivity contribution in [1.82, 2.24) is 5.32 Å². The molecule has 0 heterocycles. The molecule has 0 saturated heterocycles. The maximum absolute atomic E-state index is 11.4. The Morgan fingerprint density at radius 3 is 2.50 bits per heavy atom. The lowest BCUT2D eigenvalue weighted by atomic mass is 10.1. The van der Waals surface area contributed by atoms with E-state index in [-0.39, 0.29) is 0 Å². The van der Waals surface area contributed by atoms with E-state index in [4.69, 9.17) is 9.84 Å². The molecule has 0 aliphatic heterocycles. The van der Waals surface area contributed by atoms with Crippen molar-refractivity contribution in [3.8, 4) is 0 Å². The van der Waals surface area contributed by atoms with E-state index in [0.717, 1.165) is 0 Å². The molecule has 0 aromatic rings. The second kappa shape index (κ2) is 6.50. The van der Waals surface area contributed by atoms with Crippen LogP contribution >= 0.6 is 0 Å². The molecule has 1 amide bonds. The first-order chi connectivity index (χ1) is 7.30. The minimum Gasteiger partial charge on any atom is -0.444 e. The van der Waals surface area contributed by atoms with Crippen LogP contribution < -0.4 is 5.32 Å². The second-order valence-electron chi connectivity index (χ2n) is 4.53. The highest BCUT2D eigenvalue weighted by atomic mass is 16.6. The summed E-state index contributed by atoms with van der Waals surface area (Å²) in [5, 5.41) is 20.7. The van der Waals surface area contributed by atoms with Crippen LogP contribution in [0.4, 0.5) is 4.79 Å². The average Bonchev–Trinajstić information content (AvgIpc) is 2.13. The van der Waals surface area contributed by atoms with Gasteiger partial charge in [0.15, 0.2) is 0 Å². The number of aliphatic hydroxyl groups excluding tert-OH is 2. The largest absolute Gasteiger partial charge is 0.444 e. The zero-order valence-electron chi connectivity index (χ0n) is 10.1. The van der Waals surface area contributed by atoms with Gasteiger partial charge in [-0.3, -0.25) is 0 Å². The third-order valence-electron chi connectivity index (χ3n) is 1.77. The first-order valence-corrected chi connectivity index (χ1v) is 5.19. The van der Waals surface area contributed by atoms with Gasteiger partial charge in [-0.2, -0.15) is 0 Å². The molecule has 0 aromatic heterocycles. The van der Waals surface area contributed by atoms with Gasteiger partial charge in [0.25, 0.3) is 0 Å². The number of nitrogens with one attached hydrogen (secondary N) is 1. The summed E-state index contributed by atoms with van der Waals surface area (Å²) in [6, 6.07) is -0.586. The molecule has 0 aliphatic rings. The lowest BCUT2D eigenvalue weighted by Crippen LogP contribution is -2.46. The van der Waals surface area contributed by atoms with Crippen molar-refractivity contribution < 1.29 is 19.7 Å². The topological polar surface area (TPSA) is 78.8 Å². The summed E-state index contributed by atoms with van der Waals surface area (Å²) in [7, 11) is 0. The summed E-state index contributed by atoms with van der Waals surface area (Å²) in [5.41, 5.74) is -0.590. The summed E-state index contributed by atoms with van der Waals surface area (Å²) in [6.45, 7) is 8.33. The molecule has 0 radical (unpaired) electrons. The number of hydrogen-bond donors (Lipinski definition) is 3. The Balaban J connectivity index is 4.28. The van der Waals surface area contributed by atoms with E-state index in [0.29, 0.717) is 6.42 Å². The van der Waals surface area contributed by atoms with E-state index in [1.54, 1.807) is 26.8 Å². The van der Waals surface area contributed by atoms with E-state index in [1.165, 1.54) is 0 Å². The zero-order valence-corrected chi connectivity index (χ0v) is 10.1. The van der Waals surface area contributed by atoms with Gasteiger partial charge in [-0.15, -0.1) is 6.58 Å². The van der Waals surface area contributed by atoms with E-state index >= 15 is 0 Å². The first kappa shape index (κ1) is 14.9. The van der Waals surface area contributed by atoms with Gasteiger partial charge in [0.1, 0.15) is 5.60 Å². The Morgan fingerprint density at radius 1 is 1.56 bits per heavy atom. The molecule has 3 N–H and O–H groups in total. The minimum absolute atomic E-state index is 0.362. The van der Waals surface area contributed by atoms with Crippen LogP contribution in [0.3, 0.4) is 0 Å². The Labute approximate surface area is 96.1 Å². The molecule has 2 atom stereocenters. The Bertz CT molecular complexity index is 235. The second-order valence-corrected chi connectivity index (χ2v) is 4.53. The highest BCUT2D eigenvalue weighted by molar-refractivity contribution is 5.68. The van der Waals surface area contributed by atoms with Crippen molar-refractivity contribution in [2.45, 2.75) is 44.9 Å². The lowest BCUT2D eigenvalue weighted by molar-refractivity contribution is 0.0324. The number of rotatable bonds is 5. The summed E-state index contributed by atoms with van der Waals surface area (Å²) in [6.07, 6.45) is 0.277. The van der Waals surface area contributed by atoms with Gasteiger partial charge in [-0.1, -0.05) is 6.08 Å². The van der Waals surface area contributed by atoms with Gasteiger partial charge < -0.3 is 20.3 Å². The molecule has 0 spiro atoms. The number of ether oxygens (including phenoxy) is 1. The maximum Gasteiger partial charge on any atom is 0.407 e. The van der Waals surface area contributed by atoms with Crippen LogP contribution in [0.2, 0.25) is 0 Å². The van der Waals surface area contributed by atoms with Crippen LogP contribution in [-0.4, -0.2) is 40.7 Å². The van der Waals surface area contributed by atoms with E-state index in [2.05, 4.69) is 11.9 Å².